The fraction of sp³-hybridized carbons (Fsp3) is 1.00. The molecule has 4 heteroatoms. The maximum atomic E-state index is 9.24. The molecule has 3 N–H and O–H groups in total. The Labute approximate surface area is 97.1 Å². The van der Waals surface area contributed by atoms with Gasteiger partial charge in [-0.1, -0.05) is 0 Å². The Morgan fingerprint density at radius 3 is 2.94 bits per heavy atom. The molecule has 2 rings (SSSR count). The lowest BCUT2D eigenvalue weighted by Gasteiger charge is -2.36. The van der Waals surface area contributed by atoms with Gasteiger partial charge in [0.05, 0.1) is 25.4 Å². The number of hydrogen-bond acceptors (Lipinski definition) is 4. The van der Waals surface area contributed by atoms with Gasteiger partial charge in [0.25, 0.3) is 0 Å². The van der Waals surface area contributed by atoms with Gasteiger partial charge in [0.1, 0.15) is 0 Å². The molecule has 1 heterocycles. The summed E-state index contributed by atoms with van der Waals surface area (Å²) in [6, 6.07) is 0. The Morgan fingerprint density at radius 1 is 1.38 bits per heavy atom. The average Bonchev–Trinajstić information content (AvgIpc) is 2.80. The first-order valence-corrected chi connectivity index (χ1v) is 6.35. The molecule has 1 saturated carbocycles. The minimum atomic E-state index is -0.417. The second-order valence-electron chi connectivity index (χ2n) is 5.21. The summed E-state index contributed by atoms with van der Waals surface area (Å²) in [6.07, 6.45) is 6.54. The Balaban J connectivity index is 1.72. The molecule has 0 amide bonds. The molecule has 0 aromatic heterocycles. The smallest absolute Gasteiger partial charge is 0.0809 e. The van der Waals surface area contributed by atoms with Crippen LogP contribution in [0.3, 0.4) is 0 Å². The van der Waals surface area contributed by atoms with Crippen molar-refractivity contribution in [2.75, 3.05) is 19.8 Å². The van der Waals surface area contributed by atoms with Crippen LogP contribution >= 0.6 is 0 Å². The lowest BCUT2D eigenvalue weighted by atomic mass is 9.81. The van der Waals surface area contributed by atoms with Crippen LogP contribution in [0.5, 0.6) is 0 Å². The third-order valence-electron chi connectivity index (χ3n) is 3.69. The summed E-state index contributed by atoms with van der Waals surface area (Å²) in [5, 5.41) is 9.24. The Morgan fingerprint density at radius 2 is 2.25 bits per heavy atom. The maximum absolute atomic E-state index is 9.24. The molecule has 94 valence electrons. The van der Waals surface area contributed by atoms with Crippen molar-refractivity contribution in [3.63, 3.8) is 0 Å². The Hall–Kier alpha value is -0.160. The molecule has 3 unspecified atom stereocenters. The van der Waals surface area contributed by atoms with E-state index in [0.717, 1.165) is 45.1 Å². The first kappa shape index (κ1) is 12.3. The van der Waals surface area contributed by atoms with E-state index in [9.17, 15) is 5.11 Å². The van der Waals surface area contributed by atoms with Crippen molar-refractivity contribution in [1.82, 2.24) is 0 Å². The highest BCUT2D eigenvalue weighted by molar-refractivity contribution is 4.90. The number of ether oxygens (including phenoxy) is 2. The number of rotatable bonds is 4. The fourth-order valence-corrected chi connectivity index (χ4v) is 2.64. The largest absolute Gasteiger partial charge is 0.394 e. The van der Waals surface area contributed by atoms with Crippen LogP contribution in [-0.4, -0.2) is 42.7 Å². The van der Waals surface area contributed by atoms with Gasteiger partial charge >= 0.3 is 0 Å². The summed E-state index contributed by atoms with van der Waals surface area (Å²) < 4.78 is 11.4. The normalized spacial score (nSPS) is 40.1. The maximum Gasteiger partial charge on any atom is 0.0809 e. The molecule has 1 aliphatic heterocycles. The van der Waals surface area contributed by atoms with Crippen LogP contribution in [-0.2, 0) is 9.47 Å². The minimum absolute atomic E-state index is 0.0623. The van der Waals surface area contributed by atoms with E-state index in [1.54, 1.807) is 0 Å². The molecule has 0 radical (unpaired) electrons. The van der Waals surface area contributed by atoms with Crippen LogP contribution < -0.4 is 5.73 Å². The van der Waals surface area contributed by atoms with E-state index < -0.39 is 5.54 Å². The zero-order chi connectivity index (χ0) is 11.4. The highest BCUT2D eigenvalue weighted by Crippen LogP contribution is 2.28. The van der Waals surface area contributed by atoms with Gasteiger partial charge in [-0.25, -0.2) is 0 Å². The Bertz CT molecular complexity index is 218. The van der Waals surface area contributed by atoms with Gasteiger partial charge in [-0.3, -0.25) is 0 Å². The second-order valence-corrected chi connectivity index (χ2v) is 5.21. The fourth-order valence-electron chi connectivity index (χ4n) is 2.64. The van der Waals surface area contributed by atoms with E-state index in [-0.39, 0.29) is 18.8 Å². The van der Waals surface area contributed by atoms with Crippen molar-refractivity contribution in [3.8, 4) is 0 Å². The van der Waals surface area contributed by atoms with Gasteiger partial charge < -0.3 is 20.3 Å². The van der Waals surface area contributed by atoms with E-state index >= 15 is 0 Å². The van der Waals surface area contributed by atoms with Gasteiger partial charge in [-0.05, 0) is 38.5 Å². The van der Waals surface area contributed by atoms with Gasteiger partial charge in [0.15, 0.2) is 0 Å². The first-order chi connectivity index (χ1) is 7.72. The monoisotopic (exact) mass is 229 g/mol. The quantitative estimate of drug-likeness (QED) is 0.749. The molecule has 2 aliphatic rings. The average molecular weight is 229 g/mol. The van der Waals surface area contributed by atoms with Gasteiger partial charge in [-0.15, -0.1) is 0 Å². The third-order valence-corrected chi connectivity index (χ3v) is 3.69. The lowest BCUT2D eigenvalue weighted by Crippen LogP contribution is -2.49. The SMILES string of the molecule is NC1(CO)CCCC(OCC2CCCO2)C1. The summed E-state index contributed by atoms with van der Waals surface area (Å²) in [4.78, 5) is 0. The molecule has 2 fully saturated rings. The van der Waals surface area contributed by atoms with Crippen LogP contribution in [0.15, 0.2) is 0 Å². The molecule has 1 aliphatic carbocycles. The molecule has 4 nitrogen and oxygen atoms in total. The number of nitrogens with two attached hydrogens (primary N) is 1. The van der Waals surface area contributed by atoms with Crippen LogP contribution in [0.2, 0.25) is 0 Å². The summed E-state index contributed by atoms with van der Waals surface area (Å²) in [5.74, 6) is 0. The molecular weight excluding hydrogens is 206 g/mol. The van der Waals surface area contributed by atoms with Crippen molar-refractivity contribution in [3.05, 3.63) is 0 Å². The van der Waals surface area contributed by atoms with Crippen molar-refractivity contribution in [2.45, 2.75) is 56.3 Å². The summed E-state index contributed by atoms with van der Waals surface area (Å²) in [7, 11) is 0. The van der Waals surface area contributed by atoms with Gasteiger partial charge in [0, 0.05) is 12.1 Å². The predicted octanol–water partition coefficient (Wildman–Crippen LogP) is 0.814. The molecule has 0 aromatic rings. The van der Waals surface area contributed by atoms with E-state index in [0.29, 0.717) is 6.61 Å². The van der Waals surface area contributed by atoms with E-state index in [2.05, 4.69) is 0 Å². The van der Waals surface area contributed by atoms with E-state index in [1.165, 1.54) is 0 Å². The van der Waals surface area contributed by atoms with Crippen molar-refractivity contribution < 1.29 is 14.6 Å². The topological polar surface area (TPSA) is 64.7 Å². The molecule has 0 aromatic carbocycles. The number of aliphatic hydroxyl groups is 1. The first-order valence-electron chi connectivity index (χ1n) is 6.35. The van der Waals surface area contributed by atoms with Crippen molar-refractivity contribution in [2.24, 2.45) is 5.73 Å². The lowest BCUT2D eigenvalue weighted by molar-refractivity contribution is -0.0487. The third kappa shape index (κ3) is 3.17. The van der Waals surface area contributed by atoms with Crippen LogP contribution in [0, 0.1) is 0 Å². The van der Waals surface area contributed by atoms with Gasteiger partial charge in [-0.2, -0.15) is 0 Å². The van der Waals surface area contributed by atoms with Crippen LogP contribution in [0.25, 0.3) is 0 Å². The minimum Gasteiger partial charge on any atom is -0.394 e. The van der Waals surface area contributed by atoms with Crippen molar-refractivity contribution >= 4 is 0 Å². The number of hydrogen-bond donors (Lipinski definition) is 2. The molecule has 0 bridgehead atoms. The Kier molecular flexibility index (Phi) is 4.19. The summed E-state index contributed by atoms with van der Waals surface area (Å²) in [5.41, 5.74) is 5.65. The molecular formula is C12H23NO3. The molecule has 3 atom stereocenters. The summed E-state index contributed by atoms with van der Waals surface area (Å²) >= 11 is 0. The summed E-state index contributed by atoms with van der Waals surface area (Å²) in [6.45, 7) is 1.62. The van der Waals surface area contributed by atoms with Crippen LogP contribution in [0.4, 0.5) is 0 Å². The zero-order valence-corrected chi connectivity index (χ0v) is 9.86. The predicted molar refractivity (Wildman–Crippen MR) is 61.2 cm³/mol. The second kappa shape index (κ2) is 5.45. The van der Waals surface area contributed by atoms with E-state index in [1.807, 2.05) is 0 Å². The van der Waals surface area contributed by atoms with E-state index in [4.69, 9.17) is 15.2 Å². The van der Waals surface area contributed by atoms with Gasteiger partial charge in [0.2, 0.25) is 0 Å². The standard InChI is InChI=1S/C12H23NO3/c13-12(9-14)5-1-3-10(7-12)16-8-11-4-2-6-15-11/h10-11,14H,1-9,13H2. The molecule has 16 heavy (non-hydrogen) atoms. The van der Waals surface area contributed by atoms with Crippen molar-refractivity contribution in [1.29, 1.82) is 0 Å². The zero-order valence-electron chi connectivity index (χ0n) is 9.86. The molecule has 1 saturated heterocycles. The number of aliphatic hydroxyl groups excluding tert-OH is 1. The van der Waals surface area contributed by atoms with Crippen LogP contribution in [0.1, 0.15) is 38.5 Å². The highest BCUT2D eigenvalue weighted by atomic mass is 16.5. The highest BCUT2D eigenvalue weighted by Gasteiger charge is 2.33. The molecule has 0 spiro atoms.